The fourth-order valence-electron chi connectivity index (χ4n) is 2.96. The second-order valence-corrected chi connectivity index (χ2v) is 9.28. The molecule has 10 heteroatoms. The van der Waals surface area contributed by atoms with Gasteiger partial charge in [-0.3, -0.25) is 0 Å². The summed E-state index contributed by atoms with van der Waals surface area (Å²) in [6.45, 7) is 5.64. The number of benzene rings is 2. The molecule has 1 unspecified atom stereocenters. The molecular formula is C22H23F2N5O2S. The number of nitriles is 1. The molecule has 0 saturated carbocycles. The monoisotopic (exact) mass is 459 g/mol. The molecule has 0 spiro atoms. The number of halogens is 2. The lowest BCUT2D eigenvalue weighted by Crippen LogP contribution is -2.09. The Balaban J connectivity index is 2.41. The number of nitrogens with zero attached hydrogens (tertiary/aromatic N) is 3. The quantitative estimate of drug-likeness (QED) is 0.450. The van der Waals surface area contributed by atoms with Gasteiger partial charge >= 0.3 is 0 Å². The van der Waals surface area contributed by atoms with Crippen LogP contribution in [0, 0.1) is 24.2 Å². The molecule has 3 N–H and O–H groups in total. The smallest absolute Gasteiger partial charge is 0.214 e. The van der Waals surface area contributed by atoms with Gasteiger partial charge in [-0.25, -0.2) is 18.0 Å². The van der Waals surface area contributed by atoms with Crippen LogP contribution in [-0.2, 0) is 15.5 Å². The van der Waals surface area contributed by atoms with Gasteiger partial charge in [0.15, 0.2) is 5.83 Å². The van der Waals surface area contributed by atoms with Gasteiger partial charge in [-0.05, 0) is 42.3 Å². The Kier molecular flexibility index (Phi) is 8.09. The predicted octanol–water partition coefficient (Wildman–Crippen LogP) is 4.36. The third kappa shape index (κ3) is 6.65. The summed E-state index contributed by atoms with van der Waals surface area (Å²) >= 11 is 0. The average molecular weight is 460 g/mol. The molecule has 0 aliphatic carbocycles. The number of allylic oxidation sites excluding steroid dienone is 1. The fraction of sp³-hybridized carbons (Fsp3) is 0.182. The Hall–Kier alpha value is -3.71. The molecule has 2 rings (SSSR count). The molecule has 0 aliphatic rings. The van der Waals surface area contributed by atoms with Crippen LogP contribution in [0.15, 0.2) is 70.2 Å². The van der Waals surface area contributed by atoms with Crippen molar-refractivity contribution in [2.75, 3.05) is 18.7 Å². The lowest BCUT2D eigenvalue weighted by atomic mass is 10.1. The number of ether oxygens (including phenoxy) is 1. The summed E-state index contributed by atoms with van der Waals surface area (Å²) in [4.78, 5) is 4.18. The summed E-state index contributed by atoms with van der Waals surface area (Å²) in [5.74, 6) is -1.19. The maximum atomic E-state index is 14.5. The van der Waals surface area contributed by atoms with Crippen LogP contribution >= 0.6 is 0 Å². The summed E-state index contributed by atoms with van der Waals surface area (Å²) in [6.07, 6.45) is 3.71. The maximum Gasteiger partial charge on any atom is 0.214 e. The van der Waals surface area contributed by atoms with Gasteiger partial charge in [-0.2, -0.15) is 5.26 Å². The first-order chi connectivity index (χ1) is 15.1. The van der Waals surface area contributed by atoms with Crippen molar-refractivity contribution >= 4 is 21.1 Å². The molecule has 0 amide bonds. The summed E-state index contributed by atoms with van der Waals surface area (Å²) in [6, 6.07) is 8.89. The molecule has 0 fully saturated rings. The van der Waals surface area contributed by atoms with E-state index >= 15 is 0 Å². The van der Waals surface area contributed by atoms with E-state index in [4.69, 9.17) is 15.7 Å². The molecule has 7 nitrogen and oxygen atoms in total. The molecule has 32 heavy (non-hydrogen) atoms. The minimum Gasteiger partial charge on any atom is -0.496 e. The summed E-state index contributed by atoms with van der Waals surface area (Å²) in [5, 5.41) is 11.6. The zero-order valence-electron chi connectivity index (χ0n) is 17.9. The Morgan fingerprint density at radius 2 is 2.09 bits per heavy atom. The highest BCUT2D eigenvalue weighted by Crippen LogP contribution is 2.25. The molecule has 0 aromatic heterocycles. The molecule has 0 radical (unpaired) electrons. The van der Waals surface area contributed by atoms with E-state index in [0.717, 1.165) is 23.9 Å². The molecule has 0 aliphatic heterocycles. The van der Waals surface area contributed by atoms with Crippen LogP contribution in [0.1, 0.15) is 16.7 Å². The number of aryl methyl sites for hydroxylation is 1. The summed E-state index contributed by atoms with van der Waals surface area (Å²) < 4.78 is 49.0. The van der Waals surface area contributed by atoms with Crippen LogP contribution in [-0.4, -0.2) is 23.3 Å². The largest absolute Gasteiger partial charge is 0.496 e. The second kappa shape index (κ2) is 10.5. The third-order valence-corrected chi connectivity index (χ3v) is 5.47. The number of hydrogen-bond acceptors (Lipinski definition) is 7. The molecule has 0 saturated heterocycles. The Morgan fingerprint density at radius 3 is 2.72 bits per heavy atom. The van der Waals surface area contributed by atoms with Gasteiger partial charge < -0.3 is 15.8 Å². The first-order valence-corrected chi connectivity index (χ1v) is 11.3. The molecule has 2 aromatic rings. The van der Waals surface area contributed by atoms with Crippen LogP contribution in [0.4, 0.5) is 14.5 Å². The number of hydrogen-bond donors (Lipinski definition) is 2. The lowest BCUT2D eigenvalue weighted by Gasteiger charge is -2.13. The van der Waals surface area contributed by atoms with Crippen molar-refractivity contribution in [1.82, 2.24) is 0 Å². The van der Waals surface area contributed by atoms with E-state index in [1.165, 1.54) is 19.4 Å². The standard InChI is InChI=1S/C22H23F2N5O2S/c1-14-7-16(12-32(4,30)27-13-26)9-18(8-14)28-15(2)29-22(20(24)11-25)19-6-5-17(23)10-21(19)31-3/h5-11,28H,2,12,25H2,1,3-4H3/b20-11+,29-22-. The van der Waals surface area contributed by atoms with E-state index in [2.05, 4.69) is 21.3 Å². The van der Waals surface area contributed by atoms with Crippen molar-refractivity contribution in [3.63, 3.8) is 0 Å². The van der Waals surface area contributed by atoms with Gasteiger partial charge in [-0.1, -0.05) is 12.6 Å². The van der Waals surface area contributed by atoms with Gasteiger partial charge in [0, 0.05) is 29.8 Å². The van der Waals surface area contributed by atoms with Gasteiger partial charge in [0.25, 0.3) is 0 Å². The summed E-state index contributed by atoms with van der Waals surface area (Å²) in [7, 11) is -1.38. The van der Waals surface area contributed by atoms with Crippen LogP contribution in [0.2, 0.25) is 0 Å². The van der Waals surface area contributed by atoms with Gasteiger partial charge in [-0.15, -0.1) is 4.36 Å². The number of aliphatic imine (C=N–C) groups is 1. The van der Waals surface area contributed by atoms with Gasteiger partial charge in [0.2, 0.25) is 6.19 Å². The van der Waals surface area contributed by atoms with Crippen LogP contribution in [0.3, 0.4) is 0 Å². The zero-order valence-corrected chi connectivity index (χ0v) is 18.7. The first kappa shape index (κ1) is 24.6. The maximum absolute atomic E-state index is 14.5. The molecule has 0 bridgehead atoms. The highest BCUT2D eigenvalue weighted by atomic mass is 32.2. The Bertz CT molecular complexity index is 1260. The molecule has 1 atom stereocenters. The number of nitrogens with one attached hydrogen (secondary N) is 1. The Morgan fingerprint density at radius 1 is 1.38 bits per heavy atom. The molecular weight excluding hydrogens is 436 g/mol. The number of anilines is 1. The fourth-order valence-corrected chi connectivity index (χ4v) is 3.98. The van der Waals surface area contributed by atoms with Crippen LogP contribution < -0.4 is 15.8 Å². The van der Waals surface area contributed by atoms with E-state index in [1.54, 1.807) is 18.3 Å². The van der Waals surface area contributed by atoms with Gasteiger partial charge in [0.05, 0.1) is 22.6 Å². The van der Waals surface area contributed by atoms with Crippen molar-refractivity contribution in [3.8, 4) is 11.9 Å². The van der Waals surface area contributed by atoms with Crippen molar-refractivity contribution < 1.29 is 17.7 Å². The number of rotatable bonds is 8. The van der Waals surface area contributed by atoms with Crippen molar-refractivity contribution in [1.29, 1.82) is 5.26 Å². The molecule has 168 valence electrons. The SMILES string of the molecule is C=C(/N=C(\C(F)=C/N)c1ccc(F)cc1OC)Nc1cc(C)cc(CS(C)(=O)=NC#N)c1. The van der Waals surface area contributed by atoms with Crippen molar-refractivity contribution in [3.05, 3.63) is 83.3 Å². The average Bonchev–Trinajstić information content (AvgIpc) is 2.70. The second-order valence-electron chi connectivity index (χ2n) is 6.89. The third-order valence-electron chi connectivity index (χ3n) is 4.13. The van der Waals surface area contributed by atoms with E-state index < -0.39 is 21.4 Å². The van der Waals surface area contributed by atoms with E-state index in [1.807, 2.05) is 13.0 Å². The van der Waals surface area contributed by atoms with Crippen LogP contribution in [0.25, 0.3) is 0 Å². The molecule has 0 heterocycles. The predicted molar refractivity (Wildman–Crippen MR) is 123 cm³/mol. The number of methoxy groups -OCH3 is 1. The molecule has 2 aromatic carbocycles. The lowest BCUT2D eigenvalue weighted by molar-refractivity contribution is 0.410. The zero-order chi connectivity index (χ0) is 23.9. The summed E-state index contributed by atoms with van der Waals surface area (Å²) in [5.41, 5.74) is 7.42. The normalized spacial score (nSPS) is 13.6. The van der Waals surface area contributed by atoms with E-state index in [9.17, 15) is 13.0 Å². The van der Waals surface area contributed by atoms with Crippen LogP contribution in [0.5, 0.6) is 5.75 Å². The minimum atomic E-state index is -2.71. The van der Waals surface area contributed by atoms with Crippen molar-refractivity contribution in [2.45, 2.75) is 12.7 Å². The highest BCUT2D eigenvalue weighted by molar-refractivity contribution is 7.92. The highest BCUT2D eigenvalue weighted by Gasteiger charge is 2.16. The minimum absolute atomic E-state index is 0.0684. The van der Waals surface area contributed by atoms with E-state index in [0.29, 0.717) is 11.3 Å². The topological polar surface area (TPSA) is 113 Å². The van der Waals surface area contributed by atoms with Gasteiger partial charge in [0.1, 0.15) is 23.1 Å². The Labute approximate surface area is 186 Å². The van der Waals surface area contributed by atoms with E-state index in [-0.39, 0.29) is 28.6 Å². The van der Waals surface area contributed by atoms with Crippen molar-refractivity contribution in [2.24, 2.45) is 15.1 Å². The first-order valence-electron chi connectivity index (χ1n) is 9.23. The number of nitrogens with two attached hydrogens (primary N) is 1.